The van der Waals surface area contributed by atoms with E-state index in [1.807, 2.05) is 19.1 Å². The fourth-order valence-electron chi connectivity index (χ4n) is 2.45. The third kappa shape index (κ3) is 3.41. The van der Waals surface area contributed by atoms with Crippen LogP contribution in [0.5, 0.6) is 0 Å². The molecule has 0 aromatic heterocycles. The van der Waals surface area contributed by atoms with Crippen molar-refractivity contribution < 1.29 is 14.3 Å². The van der Waals surface area contributed by atoms with Crippen molar-refractivity contribution in [2.45, 2.75) is 39.2 Å². The van der Waals surface area contributed by atoms with Gasteiger partial charge >= 0.3 is 0 Å². The largest absolute Gasteiger partial charge is 0.378 e. The van der Waals surface area contributed by atoms with Crippen molar-refractivity contribution in [2.24, 2.45) is 0 Å². The quantitative estimate of drug-likeness (QED) is 0.848. The van der Waals surface area contributed by atoms with E-state index in [2.05, 4.69) is 5.32 Å². The second-order valence-electron chi connectivity index (χ2n) is 4.94. The molecule has 1 fully saturated rings. The van der Waals surface area contributed by atoms with Gasteiger partial charge < -0.3 is 10.1 Å². The highest BCUT2D eigenvalue weighted by Gasteiger charge is 2.20. The Labute approximate surface area is 113 Å². The lowest BCUT2D eigenvalue weighted by molar-refractivity contribution is -0.118. The van der Waals surface area contributed by atoms with Crippen molar-refractivity contribution in [3.05, 3.63) is 29.3 Å². The summed E-state index contributed by atoms with van der Waals surface area (Å²) in [4.78, 5) is 23.6. The molecule has 1 heterocycles. The second-order valence-corrected chi connectivity index (χ2v) is 4.94. The molecule has 0 spiro atoms. The van der Waals surface area contributed by atoms with Crippen LogP contribution >= 0.6 is 0 Å². The van der Waals surface area contributed by atoms with E-state index in [0.717, 1.165) is 25.0 Å². The molecule has 1 amide bonds. The molecule has 1 atom stereocenters. The molecular formula is C15H19NO3. The first-order chi connectivity index (χ1) is 9.08. The molecule has 0 bridgehead atoms. The average molecular weight is 261 g/mol. The summed E-state index contributed by atoms with van der Waals surface area (Å²) in [7, 11) is 0. The van der Waals surface area contributed by atoms with E-state index in [1.165, 1.54) is 6.92 Å². The molecule has 4 nitrogen and oxygen atoms in total. The molecule has 1 aliphatic heterocycles. The Morgan fingerprint density at radius 1 is 1.42 bits per heavy atom. The van der Waals surface area contributed by atoms with Crippen LogP contribution in [0.1, 0.15) is 42.1 Å². The molecule has 1 N–H and O–H groups in total. The maximum atomic E-state index is 12.0. The number of ether oxygens (including phenoxy) is 1. The predicted octanol–water partition coefficient (Wildman–Crippen LogP) is 2.71. The van der Waals surface area contributed by atoms with Crippen LogP contribution < -0.4 is 5.32 Å². The number of carbonyl (C=O) groups is 2. The maximum absolute atomic E-state index is 12.0. The molecule has 0 saturated carbocycles. The van der Waals surface area contributed by atoms with E-state index in [-0.39, 0.29) is 17.8 Å². The number of Topliss-reactive ketones (excluding diaryl/α,β-unsaturated/α-hetero) is 1. The van der Waals surface area contributed by atoms with Crippen LogP contribution in [0.4, 0.5) is 5.69 Å². The van der Waals surface area contributed by atoms with Gasteiger partial charge in [0.15, 0.2) is 5.78 Å². The van der Waals surface area contributed by atoms with Gasteiger partial charge in [0.05, 0.1) is 18.2 Å². The van der Waals surface area contributed by atoms with Crippen molar-refractivity contribution >= 4 is 17.4 Å². The number of aryl methyl sites for hydroxylation is 1. The van der Waals surface area contributed by atoms with Crippen molar-refractivity contribution in [3.63, 3.8) is 0 Å². The second kappa shape index (κ2) is 5.97. The molecule has 19 heavy (non-hydrogen) atoms. The van der Waals surface area contributed by atoms with Gasteiger partial charge in [0.1, 0.15) is 0 Å². The first-order valence-electron chi connectivity index (χ1n) is 6.60. The zero-order chi connectivity index (χ0) is 13.8. The molecule has 1 aliphatic rings. The number of rotatable bonds is 4. The lowest BCUT2D eigenvalue weighted by atomic mass is 10.0. The molecule has 0 radical (unpaired) electrons. The summed E-state index contributed by atoms with van der Waals surface area (Å²) in [5.41, 5.74) is 2.06. The van der Waals surface area contributed by atoms with Crippen LogP contribution in [0.2, 0.25) is 0 Å². The topological polar surface area (TPSA) is 55.4 Å². The Morgan fingerprint density at radius 3 is 2.84 bits per heavy atom. The SMILES string of the molecule is CC(=O)c1c(C)cccc1NC(=O)C[C@H]1CCCO1. The minimum Gasteiger partial charge on any atom is -0.378 e. The summed E-state index contributed by atoms with van der Waals surface area (Å²) < 4.78 is 5.43. The molecule has 1 aromatic rings. The standard InChI is InChI=1S/C15H19NO3/c1-10-5-3-7-13(15(10)11(2)17)16-14(18)9-12-6-4-8-19-12/h3,5,7,12H,4,6,8-9H2,1-2H3,(H,16,18)/t12-/m1/s1. The van der Waals surface area contributed by atoms with Gasteiger partial charge in [-0.15, -0.1) is 0 Å². The minimum absolute atomic E-state index is 0.0191. The molecule has 4 heteroatoms. The van der Waals surface area contributed by atoms with Gasteiger partial charge in [-0.3, -0.25) is 9.59 Å². The number of carbonyl (C=O) groups excluding carboxylic acids is 2. The van der Waals surface area contributed by atoms with Gasteiger partial charge in [0.25, 0.3) is 0 Å². The van der Waals surface area contributed by atoms with Gasteiger partial charge in [-0.1, -0.05) is 12.1 Å². The molecule has 1 saturated heterocycles. The fraction of sp³-hybridized carbons (Fsp3) is 0.467. The summed E-state index contributed by atoms with van der Waals surface area (Å²) in [6.45, 7) is 4.12. The number of anilines is 1. The lowest BCUT2D eigenvalue weighted by Crippen LogP contribution is -2.20. The van der Waals surface area contributed by atoms with Crippen molar-refractivity contribution in [2.75, 3.05) is 11.9 Å². The maximum Gasteiger partial charge on any atom is 0.227 e. The Morgan fingerprint density at radius 2 is 2.21 bits per heavy atom. The predicted molar refractivity (Wildman–Crippen MR) is 73.4 cm³/mol. The van der Waals surface area contributed by atoms with Crippen LogP contribution in [0, 0.1) is 6.92 Å². The number of amides is 1. The van der Waals surface area contributed by atoms with Crippen LogP contribution in [0.25, 0.3) is 0 Å². The number of ketones is 1. The summed E-state index contributed by atoms with van der Waals surface area (Å²) in [5, 5.41) is 2.82. The van der Waals surface area contributed by atoms with Crippen LogP contribution in [-0.2, 0) is 9.53 Å². The monoisotopic (exact) mass is 261 g/mol. The van der Waals surface area contributed by atoms with E-state index in [4.69, 9.17) is 4.74 Å². The van der Waals surface area contributed by atoms with E-state index >= 15 is 0 Å². The zero-order valence-electron chi connectivity index (χ0n) is 11.4. The molecule has 102 valence electrons. The van der Waals surface area contributed by atoms with Crippen LogP contribution in [0.15, 0.2) is 18.2 Å². The lowest BCUT2D eigenvalue weighted by Gasteiger charge is -2.13. The minimum atomic E-state index is -0.0972. The van der Waals surface area contributed by atoms with Gasteiger partial charge in [-0.2, -0.15) is 0 Å². The molecule has 2 rings (SSSR count). The van der Waals surface area contributed by atoms with Crippen LogP contribution in [0.3, 0.4) is 0 Å². The van der Waals surface area contributed by atoms with Crippen molar-refractivity contribution in [1.29, 1.82) is 0 Å². The Bertz CT molecular complexity index is 490. The summed E-state index contributed by atoms with van der Waals surface area (Å²) in [6, 6.07) is 5.47. The highest BCUT2D eigenvalue weighted by atomic mass is 16.5. The molecular weight excluding hydrogens is 242 g/mol. The van der Waals surface area contributed by atoms with E-state index in [9.17, 15) is 9.59 Å². The summed E-state index contributed by atoms with van der Waals surface area (Å²) in [5.74, 6) is -0.134. The van der Waals surface area contributed by atoms with Crippen molar-refractivity contribution in [3.8, 4) is 0 Å². The summed E-state index contributed by atoms with van der Waals surface area (Å²) in [6.07, 6.45) is 2.32. The normalized spacial score (nSPS) is 18.3. The number of hydrogen-bond donors (Lipinski definition) is 1. The Balaban J connectivity index is 2.07. The first kappa shape index (κ1) is 13.7. The van der Waals surface area contributed by atoms with E-state index in [0.29, 0.717) is 17.7 Å². The third-order valence-electron chi connectivity index (χ3n) is 3.34. The first-order valence-corrected chi connectivity index (χ1v) is 6.60. The average Bonchev–Trinajstić information content (AvgIpc) is 2.81. The van der Waals surface area contributed by atoms with Gasteiger partial charge in [-0.25, -0.2) is 0 Å². The Kier molecular flexibility index (Phi) is 4.32. The molecule has 0 unspecified atom stereocenters. The van der Waals surface area contributed by atoms with Gasteiger partial charge in [0, 0.05) is 12.2 Å². The zero-order valence-corrected chi connectivity index (χ0v) is 11.4. The van der Waals surface area contributed by atoms with Gasteiger partial charge in [0.2, 0.25) is 5.91 Å². The third-order valence-corrected chi connectivity index (χ3v) is 3.34. The highest BCUT2D eigenvalue weighted by Crippen LogP contribution is 2.21. The van der Waals surface area contributed by atoms with Gasteiger partial charge in [-0.05, 0) is 38.3 Å². The van der Waals surface area contributed by atoms with E-state index in [1.54, 1.807) is 6.07 Å². The van der Waals surface area contributed by atoms with Crippen molar-refractivity contribution in [1.82, 2.24) is 0 Å². The number of nitrogens with one attached hydrogen (secondary N) is 1. The fourth-order valence-corrected chi connectivity index (χ4v) is 2.45. The van der Waals surface area contributed by atoms with Crippen LogP contribution in [-0.4, -0.2) is 24.4 Å². The molecule has 1 aromatic carbocycles. The highest BCUT2D eigenvalue weighted by molar-refractivity contribution is 6.04. The number of hydrogen-bond acceptors (Lipinski definition) is 3. The van der Waals surface area contributed by atoms with E-state index < -0.39 is 0 Å². The molecule has 0 aliphatic carbocycles. The smallest absolute Gasteiger partial charge is 0.227 e. The Hall–Kier alpha value is -1.68. The number of benzene rings is 1. The summed E-state index contributed by atoms with van der Waals surface area (Å²) >= 11 is 0.